The van der Waals surface area contributed by atoms with Gasteiger partial charge in [-0.05, 0) is 74.2 Å². The summed E-state index contributed by atoms with van der Waals surface area (Å²) in [6, 6.07) is 14.4. The first-order chi connectivity index (χ1) is 12.6. The molecule has 0 saturated heterocycles. The van der Waals surface area contributed by atoms with E-state index in [9.17, 15) is 0 Å². The molecule has 0 atom stereocenters. The van der Waals surface area contributed by atoms with Crippen molar-refractivity contribution >= 4 is 11.0 Å². The normalized spacial score (nSPS) is 11.0. The Bertz CT molecular complexity index is 929. The highest BCUT2D eigenvalue weighted by Crippen LogP contribution is 2.23. The van der Waals surface area contributed by atoms with E-state index in [2.05, 4.69) is 36.6 Å². The standard InChI is InChI=1S/C22H26N4/c1-16-12-20-21(13-17(16)2)26(22(25-20)6-4-3-5-11-23)15-19-9-7-18(14-24)8-10-19/h7-10,12-13H,3-6,11,15,23H2,1-2H3. The van der Waals surface area contributed by atoms with Gasteiger partial charge in [0.2, 0.25) is 0 Å². The zero-order valence-electron chi connectivity index (χ0n) is 15.6. The maximum absolute atomic E-state index is 8.99. The van der Waals surface area contributed by atoms with Crippen molar-refractivity contribution in [3.8, 4) is 6.07 Å². The number of nitriles is 1. The van der Waals surface area contributed by atoms with Crippen molar-refractivity contribution in [1.82, 2.24) is 9.55 Å². The van der Waals surface area contributed by atoms with Gasteiger partial charge in [0.05, 0.1) is 22.7 Å². The second-order valence-electron chi connectivity index (χ2n) is 6.95. The van der Waals surface area contributed by atoms with Crippen LogP contribution in [0.2, 0.25) is 0 Å². The van der Waals surface area contributed by atoms with Crippen LogP contribution in [-0.2, 0) is 13.0 Å². The number of hydrogen-bond acceptors (Lipinski definition) is 3. The first-order valence-electron chi connectivity index (χ1n) is 9.28. The van der Waals surface area contributed by atoms with Crippen LogP contribution < -0.4 is 5.73 Å². The van der Waals surface area contributed by atoms with Crippen LogP contribution in [0.15, 0.2) is 36.4 Å². The van der Waals surface area contributed by atoms with Crippen molar-refractivity contribution in [1.29, 1.82) is 5.26 Å². The lowest BCUT2D eigenvalue weighted by molar-refractivity contribution is 0.644. The summed E-state index contributed by atoms with van der Waals surface area (Å²) in [5.41, 5.74) is 12.3. The van der Waals surface area contributed by atoms with Crippen LogP contribution >= 0.6 is 0 Å². The molecular formula is C22H26N4. The van der Waals surface area contributed by atoms with Crippen molar-refractivity contribution in [2.75, 3.05) is 6.54 Å². The SMILES string of the molecule is Cc1cc2nc(CCCCCN)n(Cc3ccc(C#N)cc3)c2cc1C. The molecule has 4 heteroatoms. The molecule has 3 aromatic rings. The molecule has 1 aromatic heterocycles. The van der Waals surface area contributed by atoms with Crippen LogP contribution in [0.3, 0.4) is 0 Å². The molecule has 0 aliphatic heterocycles. The topological polar surface area (TPSA) is 67.6 Å². The van der Waals surface area contributed by atoms with Gasteiger partial charge in [-0.25, -0.2) is 4.98 Å². The maximum Gasteiger partial charge on any atom is 0.110 e. The summed E-state index contributed by atoms with van der Waals surface area (Å²) >= 11 is 0. The molecule has 0 aliphatic rings. The van der Waals surface area contributed by atoms with Gasteiger partial charge >= 0.3 is 0 Å². The Hall–Kier alpha value is -2.64. The molecule has 0 saturated carbocycles. The van der Waals surface area contributed by atoms with E-state index in [0.717, 1.165) is 50.1 Å². The summed E-state index contributed by atoms with van der Waals surface area (Å²) in [6.45, 7) is 5.81. The van der Waals surface area contributed by atoms with E-state index in [-0.39, 0.29) is 0 Å². The predicted octanol–water partition coefficient (Wildman–Crippen LogP) is 4.24. The van der Waals surface area contributed by atoms with Crippen LogP contribution in [0.5, 0.6) is 0 Å². The molecule has 0 amide bonds. The first kappa shape index (κ1) is 18.2. The van der Waals surface area contributed by atoms with E-state index in [0.29, 0.717) is 5.56 Å². The fourth-order valence-corrected chi connectivity index (χ4v) is 3.27. The fourth-order valence-electron chi connectivity index (χ4n) is 3.27. The van der Waals surface area contributed by atoms with Gasteiger partial charge in [-0.1, -0.05) is 18.6 Å². The summed E-state index contributed by atoms with van der Waals surface area (Å²) in [7, 11) is 0. The van der Waals surface area contributed by atoms with Crippen LogP contribution in [0.4, 0.5) is 0 Å². The lowest BCUT2D eigenvalue weighted by Gasteiger charge is -2.10. The minimum Gasteiger partial charge on any atom is -0.330 e. The van der Waals surface area contributed by atoms with Crippen molar-refractivity contribution in [2.24, 2.45) is 5.73 Å². The largest absolute Gasteiger partial charge is 0.330 e. The van der Waals surface area contributed by atoms with Gasteiger partial charge in [0.25, 0.3) is 0 Å². The zero-order chi connectivity index (χ0) is 18.5. The summed E-state index contributed by atoms with van der Waals surface area (Å²) in [4.78, 5) is 4.92. The van der Waals surface area contributed by atoms with Crippen LogP contribution in [0, 0.1) is 25.2 Å². The quantitative estimate of drug-likeness (QED) is 0.651. The number of imidazole rings is 1. The highest BCUT2D eigenvalue weighted by Gasteiger charge is 2.12. The number of aryl methyl sites for hydroxylation is 3. The van der Waals surface area contributed by atoms with Crippen LogP contribution in [-0.4, -0.2) is 16.1 Å². The number of nitrogens with zero attached hydrogens (tertiary/aromatic N) is 3. The Morgan fingerprint density at radius 3 is 2.46 bits per heavy atom. The molecule has 0 bridgehead atoms. The first-order valence-corrected chi connectivity index (χ1v) is 9.28. The van der Waals surface area contributed by atoms with E-state index in [4.69, 9.17) is 16.0 Å². The summed E-state index contributed by atoms with van der Waals surface area (Å²) in [5.74, 6) is 1.13. The molecule has 2 aromatic carbocycles. The molecule has 0 spiro atoms. The molecule has 0 fully saturated rings. The van der Waals surface area contributed by atoms with Crippen molar-refractivity contribution in [3.63, 3.8) is 0 Å². The monoisotopic (exact) mass is 346 g/mol. The number of unbranched alkanes of at least 4 members (excludes halogenated alkanes) is 2. The van der Waals surface area contributed by atoms with Crippen molar-refractivity contribution < 1.29 is 0 Å². The van der Waals surface area contributed by atoms with E-state index < -0.39 is 0 Å². The lowest BCUT2D eigenvalue weighted by atomic mass is 10.1. The second-order valence-corrected chi connectivity index (χ2v) is 6.95. The number of rotatable bonds is 7. The van der Waals surface area contributed by atoms with Gasteiger partial charge in [-0.2, -0.15) is 5.26 Å². The molecule has 0 unspecified atom stereocenters. The molecule has 26 heavy (non-hydrogen) atoms. The Labute approximate surface area is 155 Å². The number of aromatic nitrogens is 2. The molecule has 1 heterocycles. The average Bonchev–Trinajstić information content (AvgIpc) is 2.96. The highest BCUT2D eigenvalue weighted by atomic mass is 15.1. The Balaban J connectivity index is 1.95. The summed E-state index contributed by atoms with van der Waals surface area (Å²) < 4.78 is 2.32. The second kappa shape index (κ2) is 8.16. The minimum absolute atomic E-state index is 0.692. The van der Waals surface area contributed by atoms with Gasteiger partial charge in [0, 0.05) is 13.0 Å². The van der Waals surface area contributed by atoms with Crippen LogP contribution in [0.25, 0.3) is 11.0 Å². The molecule has 134 valence electrons. The lowest BCUT2D eigenvalue weighted by Crippen LogP contribution is -2.06. The van der Waals surface area contributed by atoms with Gasteiger partial charge < -0.3 is 10.3 Å². The van der Waals surface area contributed by atoms with Crippen molar-refractivity contribution in [2.45, 2.75) is 46.1 Å². The smallest absolute Gasteiger partial charge is 0.110 e. The number of nitrogens with two attached hydrogens (primary N) is 1. The summed E-state index contributed by atoms with van der Waals surface area (Å²) in [6.07, 6.45) is 4.26. The molecule has 0 aliphatic carbocycles. The Kier molecular flexibility index (Phi) is 5.70. The third kappa shape index (κ3) is 3.95. The predicted molar refractivity (Wildman–Crippen MR) is 106 cm³/mol. The molecule has 3 rings (SSSR count). The molecule has 0 radical (unpaired) electrons. The number of fused-ring (bicyclic) bond motifs is 1. The van der Waals surface area contributed by atoms with Crippen LogP contribution in [0.1, 0.15) is 47.3 Å². The van der Waals surface area contributed by atoms with Gasteiger partial charge in [-0.15, -0.1) is 0 Å². The molecule has 2 N–H and O–H groups in total. The molecular weight excluding hydrogens is 320 g/mol. The fraction of sp³-hybridized carbons (Fsp3) is 0.364. The number of benzene rings is 2. The van der Waals surface area contributed by atoms with E-state index in [1.165, 1.54) is 22.2 Å². The zero-order valence-corrected chi connectivity index (χ0v) is 15.6. The summed E-state index contributed by atoms with van der Waals surface area (Å²) in [5, 5.41) is 8.99. The maximum atomic E-state index is 8.99. The van der Waals surface area contributed by atoms with Gasteiger partial charge in [-0.3, -0.25) is 0 Å². The Morgan fingerprint density at radius 1 is 1.04 bits per heavy atom. The third-order valence-corrected chi connectivity index (χ3v) is 4.97. The third-order valence-electron chi connectivity index (χ3n) is 4.97. The van der Waals surface area contributed by atoms with Gasteiger partial charge in [0.1, 0.15) is 5.82 Å². The van der Waals surface area contributed by atoms with Gasteiger partial charge in [0.15, 0.2) is 0 Å². The number of hydrogen-bond donors (Lipinski definition) is 1. The minimum atomic E-state index is 0.692. The van der Waals surface area contributed by atoms with E-state index >= 15 is 0 Å². The van der Waals surface area contributed by atoms with Crippen molar-refractivity contribution in [3.05, 3.63) is 64.5 Å². The highest BCUT2D eigenvalue weighted by molar-refractivity contribution is 5.78. The van der Waals surface area contributed by atoms with E-state index in [1.807, 2.05) is 24.3 Å². The average molecular weight is 346 g/mol. The Morgan fingerprint density at radius 2 is 1.77 bits per heavy atom. The van der Waals surface area contributed by atoms with E-state index in [1.54, 1.807) is 0 Å². The molecule has 4 nitrogen and oxygen atoms in total.